The molecule has 2 aromatic carbocycles. The second kappa shape index (κ2) is 15.1. The minimum absolute atomic E-state index is 0.000900. The van der Waals surface area contributed by atoms with E-state index in [1.165, 1.54) is 25.1 Å². The SMILES string of the molecule is CC(C)[C@@H]1NC(=O)c2cc(ccc2O)Oc2ccc(cc2)C[C@@H](C(=O)N2CCC(OCc3cccnc3)CC2)NC(=O)[C@H](C)NC1=O. The number of rotatable bonds is 5. The lowest BCUT2D eigenvalue weighted by Crippen LogP contribution is -2.58. The molecule has 3 aliphatic rings. The zero-order valence-electron chi connectivity index (χ0n) is 26.8. The Bertz CT molecular complexity index is 1570. The predicted octanol–water partition coefficient (Wildman–Crippen LogP) is 3.09. The number of carbonyl (C=O) groups excluding carboxylic acids is 4. The highest BCUT2D eigenvalue weighted by Crippen LogP contribution is 2.28. The molecule has 12 nitrogen and oxygen atoms in total. The van der Waals surface area contributed by atoms with Crippen molar-refractivity contribution < 1.29 is 33.8 Å². The molecule has 0 aliphatic carbocycles. The van der Waals surface area contributed by atoms with Crippen molar-refractivity contribution in [2.75, 3.05) is 13.1 Å². The molecule has 4 heterocycles. The molecule has 1 aromatic heterocycles. The number of pyridine rings is 1. The van der Waals surface area contributed by atoms with Gasteiger partial charge in [-0.3, -0.25) is 24.2 Å². The average Bonchev–Trinajstić information content (AvgIpc) is 3.07. The standard InChI is InChI=1S/C35H41N5O7/c1-21(2)31-34(44)37-22(3)32(42)38-29(35(45)40-15-12-25(13-16-40)46-20-24-5-4-14-36-19-24)17-23-6-8-26(9-7-23)47-27-10-11-30(41)28(18-27)33(43)39-31/h4-11,14,18-19,21-22,25,29,31,41H,12-13,15-17,20H2,1-3H3,(H,37,44)(H,38,42)(H,39,43)/t22-,29-,31-/m0/s1. The molecule has 248 valence electrons. The summed E-state index contributed by atoms with van der Waals surface area (Å²) in [4.78, 5) is 59.6. The molecule has 0 saturated carbocycles. The first-order valence-corrected chi connectivity index (χ1v) is 15.9. The van der Waals surface area contributed by atoms with E-state index in [1.807, 2.05) is 12.1 Å². The number of benzene rings is 2. The van der Waals surface area contributed by atoms with Gasteiger partial charge in [0.2, 0.25) is 17.7 Å². The molecule has 3 atom stereocenters. The Morgan fingerprint density at radius 3 is 2.40 bits per heavy atom. The van der Waals surface area contributed by atoms with Gasteiger partial charge in [0, 0.05) is 31.9 Å². The highest BCUT2D eigenvalue weighted by Gasteiger charge is 2.33. The Kier molecular flexibility index (Phi) is 10.7. The second-order valence-electron chi connectivity index (χ2n) is 12.3. The molecule has 0 unspecified atom stereocenters. The molecule has 4 N–H and O–H groups in total. The van der Waals surface area contributed by atoms with Crippen LogP contribution < -0.4 is 20.7 Å². The summed E-state index contributed by atoms with van der Waals surface area (Å²) in [5.41, 5.74) is 1.71. The van der Waals surface area contributed by atoms with Gasteiger partial charge in [0.05, 0.1) is 18.3 Å². The summed E-state index contributed by atoms with van der Waals surface area (Å²) in [5, 5.41) is 18.6. The third kappa shape index (κ3) is 8.64. The second-order valence-corrected chi connectivity index (χ2v) is 12.3. The molecule has 12 heteroatoms. The minimum Gasteiger partial charge on any atom is -0.507 e. The highest BCUT2D eigenvalue weighted by atomic mass is 16.5. The number of likely N-dealkylation sites (tertiary alicyclic amines) is 1. The van der Waals surface area contributed by atoms with Gasteiger partial charge in [0.1, 0.15) is 35.4 Å². The fourth-order valence-corrected chi connectivity index (χ4v) is 5.61. The molecule has 0 radical (unpaired) electrons. The van der Waals surface area contributed by atoms with Gasteiger partial charge in [-0.15, -0.1) is 0 Å². The van der Waals surface area contributed by atoms with Crippen molar-refractivity contribution in [3.63, 3.8) is 0 Å². The highest BCUT2D eigenvalue weighted by molar-refractivity contribution is 6.00. The Balaban J connectivity index is 1.34. The number of amides is 4. The summed E-state index contributed by atoms with van der Waals surface area (Å²) in [6, 6.07) is 12.3. The molecular formula is C35H41N5O7. The number of ether oxygens (including phenoxy) is 2. The van der Waals surface area contributed by atoms with Crippen LogP contribution in [0.2, 0.25) is 0 Å². The van der Waals surface area contributed by atoms with Crippen LogP contribution in [0.25, 0.3) is 0 Å². The minimum atomic E-state index is -1.01. The lowest BCUT2D eigenvalue weighted by Gasteiger charge is -2.34. The topological polar surface area (TPSA) is 159 Å². The first-order valence-electron chi connectivity index (χ1n) is 15.9. The average molecular weight is 644 g/mol. The number of hydrogen-bond donors (Lipinski definition) is 4. The van der Waals surface area contributed by atoms with Crippen LogP contribution in [0.4, 0.5) is 0 Å². The number of fused-ring (bicyclic) bond motifs is 11. The van der Waals surface area contributed by atoms with E-state index < -0.39 is 35.8 Å². The number of hydrogen-bond acceptors (Lipinski definition) is 8. The van der Waals surface area contributed by atoms with Gasteiger partial charge in [-0.25, -0.2) is 0 Å². The number of nitrogens with one attached hydrogen (secondary N) is 3. The molecule has 3 aliphatic heterocycles. The first kappa shape index (κ1) is 33.4. The van der Waals surface area contributed by atoms with Crippen LogP contribution in [-0.2, 0) is 32.1 Å². The van der Waals surface area contributed by atoms with E-state index in [2.05, 4.69) is 20.9 Å². The molecule has 4 amide bonds. The number of piperidine rings is 1. The fraction of sp³-hybridized carbons (Fsp3) is 0.400. The van der Waals surface area contributed by atoms with Gasteiger partial charge < -0.3 is 35.4 Å². The molecule has 6 rings (SSSR count). The van der Waals surface area contributed by atoms with Gasteiger partial charge in [0.15, 0.2) is 0 Å². The van der Waals surface area contributed by atoms with Crippen molar-refractivity contribution in [2.45, 2.75) is 70.9 Å². The number of carbonyl (C=O) groups is 4. The summed E-state index contributed by atoms with van der Waals surface area (Å²) in [7, 11) is 0. The monoisotopic (exact) mass is 643 g/mol. The largest absolute Gasteiger partial charge is 0.507 e. The maximum absolute atomic E-state index is 13.9. The fourth-order valence-electron chi connectivity index (χ4n) is 5.61. The maximum Gasteiger partial charge on any atom is 0.255 e. The Labute approximate surface area is 273 Å². The number of phenolic OH excluding ortho intramolecular Hbond substituents is 1. The van der Waals surface area contributed by atoms with Gasteiger partial charge in [0.25, 0.3) is 5.91 Å². The van der Waals surface area contributed by atoms with Crippen molar-refractivity contribution in [3.8, 4) is 17.2 Å². The third-order valence-electron chi connectivity index (χ3n) is 8.38. The number of phenols is 1. The van der Waals surface area contributed by atoms with Crippen molar-refractivity contribution in [3.05, 3.63) is 83.7 Å². The number of aromatic nitrogens is 1. The van der Waals surface area contributed by atoms with Gasteiger partial charge in [-0.1, -0.05) is 32.0 Å². The van der Waals surface area contributed by atoms with Crippen LogP contribution in [0.5, 0.6) is 17.2 Å². The van der Waals surface area contributed by atoms with E-state index >= 15 is 0 Å². The number of aromatic hydroxyl groups is 1. The van der Waals surface area contributed by atoms with Crippen LogP contribution in [0, 0.1) is 5.92 Å². The Hall–Kier alpha value is -4.97. The molecular weight excluding hydrogens is 602 g/mol. The summed E-state index contributed by atoms with van der Waals surface area (Å²) in [6.45, 7) is 6.44. The normalized spacial score (nSPS) is 21.2. The van der Waals surface area contributed by atoms with Crippen LogP contribution >= 0.6 is 0 Å². The smallest absolute Gasteiger partial charge is 0.255 e. The lowest BCUT2D eigenvalue weighted by atomic mass is 10.0. The van der Waals surface area contributed by atoms with Crippen LogP contribution in [0.3, 0.4) is 0 Å². The Morgan fingerprint density at radius 1 is 1.00 bits per heavy atom. The lowest BCUT2D eigenvalue weighted by molar-refractivity contribution is -0.139. The summed E-state index contributed by atoms with van der Waals surface area (Å²) in [5.74, 6) is -1.83. The molecule has 1 saturated heterocycles. The predicted molar refractivity (Wildman–Crippen MR) is 173 cm³/mol. The van der Waals surface area contributed by atoms with Crippen LogP contribution in [-0.4, -0.2) is 75.9 Å². The molecule has 0 spiro atoms. The summed E-state index contributed by atoms with van der Waals surface area (Å²) >= 11 is 0. The van der Waals surface area contributed by atoms with Gasteiger partial charge in [-0.05, 0) is 73.2 Å². The van der Waals surface area contributed by atoms with E-state index in [0.717, 1.165) is 11.1 Å². The van der Waals surface area contributed by atoms with Gasteiger partial charge in [-0.2, -0.15) is 0 Å². The van der Waals surface area contributed by atoms with Crippen molar-refractivity contribution in [2.24, 2.45) is 5.92 Å². The molecule has 4 bridgehead atoms. The van der Waals surface area contributed by atoms with E-state index in [-0.39, 0.29) is 35.7 Å². The quantitative estimate of drug-likeness (QED) is 0.309. The van der Waals surface area contributed by atoms with Crippen molar-refractivity contribution in [1.29, 1.82) is 0 Å². The van der Waals surface area contributed by atoms with E-state index in [9.17, 15) is 24.3 Å². The van der Waals surface area contributed by atoms with Gasteiger partial charge >= 0.3 is 0 Å². The summed E-state index contributed by atoms with van der Waals surface area (Å²) in [6.07, 6.45) is 5.02. The zero-order chi connectivity index (χ0) is 33.5. The summed E-state index contributed by atoms with van der Waals surface area (Å²) < 4.78 is 12.0. The van der Waals surface area contributed by atoms with E-state index in [0.29, 0.717) is 44.0 Å². The molecule has 3 aromatic rings. The zero-order valence-corrected chi connectivity index (χ0v) is 26.8. The molecule has 1 fully saturated rings. The van der Waals surface area contributed by atoms with Crippen molar-refractivity contribution in [1.82, 2.24) is 25.8 Å². The third-order valence-corrected chi connectivity index (χ3v) is 8.38. The van der Waals surface area contributed by atoms with E-state index in [1.54, 1.807) is 55.4 Å². The molecule has 47 heavy (non-hydrogen) atoms. The first-order chi connectivity index (χ1) is 22.6. The van der Waals surface area contributed by atoms with Crippen LogP contribution in [0.15, 0.2) is 67.0 Å². The Morgan fingerprint density at radius 2 is 1.72 bits per heavy atom. The van der Waals surface area contributed by atoms with E-state index in [4.69, 9.17) is 9.47 Å². The maximum atomic E-state index is 13.9. The van der Waals surface area contributed by atoms with Crippen molar-refractivity contribution >= 4 is 23.6 Å². The number of nitrogens with zero attached hydrogens (tertiary/aromatic N) is 2. The van der Waals surface area contributed by atoms with Crippen LogP contribution in [0.1, 0.15) is 55.1 Å².